The number of amides is 1. The maximum Gasteiger partial charge on any atom is 0.410 e. The molecule has 0 radical (unpaired) electrons. The minimum absolute atomic E-state index is 0.0778. The Bertz CT molecular complexity index is 903. The second kappa shape index (κ2) is 9.93. The number of aromatic nitrogens is 1. The highest BCUT2D eigenvalue weighted by atomic mass is 32.2. The van der Waals surface area contributed by atoms with E-state index in [1.54, 1.807) is 4.90 Å². The molecule has 3 unspecified atom stereocenters. The predicted octanol–water partition coefficient (Wildman–Crippen LogP) is 2.42. The normalized spacial score (nSPS) is 32.0. The molecule has 0 spiro atoms. The standard InChI is InChI=1S/C22H33N3O6S/c1-15-13-19(24-32(2,27)28)20-14-31-17-9-7-16(8-10-17)18-5-3-6-21(23-18)29-11-4-12-30-22(26)25(15)20/h3,5-6,15-17,19-20,24H,4,7-14H2,1-2H3. The fourth-order valence-corrected chi connectivity index (χ4v) is 5.84. The fourth-order valence-electron chi connectivity index (χ4n) is 5.04. The van der Waals surface area contributed by atoms with E-state index in [0.29, 0.717) is 31.2 Å². The zero-order valence-corrected chi connectivity index (χ0v) is 19.6. The van der Waals surface area contributed by atoms with E-state index >= 15 is 0 Å². The van der Waals surface area contributed by atoms with Gasteiger partial charge in [0.05, 0.1) is 38.2 Å². The molecule has 1 saturated heterocycles. The van der Waals surface area contributed by atoms with Gasteiger partial charge in [-0.15, -0.1) is 0 Å². The van der Waals surface area contributed by atoms with E-state index in [2.05, 4.69) is 9.71 Å². The van der Waals surface area contributed by atoms with Crippen molar-refractivity contribution in [2.75, 3.05) is 26.1 Å². The SMILES string of the molecule is CC1CC(NS(C)(=O)=O)C2COC3CCC(CC3)c3cccc(n3)OCCCOC(=O)N12. The van der Waals surface area contributed by atoms with Crippen molar-refractivity contribution < 1.29 is 27.4 Å². The van der Waals surface area contributed by atoms with Gasteiger partial charge < -0.3 is 14.2 Å². The van der Waals surface area contributed by atoms with E-state index in [1.165, 1.54) is 0 Å². The number of carbonyl (C=O) groups excluding carboxylic acids is 1. The van der Waals surface area contributed by atoms with Gasteiger partial charge in [-0.3, -0.25) is 4.90 Å². The van der Waals surface area contributed by atoms with Crippen LogP contribution < -0.4 is 9.46 Å². The van der Waals surface area contributed by atoms with Crippen molar-refractivity contribution in [2.45, 2.75) is 75.6 Å². The molecule has 4 aliphatic rings. The third-order valence-corrected chi connectivity index (χ3v) is 7.30. The number of nitrogens with one attached hydrogen (secondary N) is 1. The number of pyridine rings is 1. The molecule has 3 atom stereocenters. The van der Waals surface area contributed by atoms with E-state index in [-0.39, 0.29) is 25.4 Å². The summed E-state index contributed by atoms with van der Waals surface area (Å²) in [4.78, 5) is 19.2. The molecule has 1 aliphatic carbocycles. The third-order valence-electron chi connectivity index (χ3n) is 6.57. The number of carbonyl (C=O) groups is 1. The number of fused-ring (bicyclic) bond motifs is 8. The predicted molar refractivity (Wildman–Crippen MR) is 118 cm³/mol. The molecule has 1 amide bonds. The van der Waals surface area contributed by atoms with Gasteiger partial charge in [-0.25, -0.2) is 22.9 Å². The van der Waals surface area contributed by atoms with Crippen LogP contribution in [0.1, 0.15) is 57.1 Å². The van der Waals surface area contributed by atoms with Gasteiger partial charge in [0, 0.05) is 36.2 Å². The molecule has 10 heteroatoms. The van der Waals surface area contributed by atoms with Gasteiger partial charge in [0.1, 0.15) is 0 Å². The molecule has 9 nitrogen and oxygen atoms in total. The smallest absolute Gasteiger partial charge is 0.410 e. The first-order valence-electron chi connectivity index (χ1n) is 11.4. The van der Waals surface area contributed by atoms with Crippen LogP contribution in [0.15, 0.2) is 18.2 Å². The lowest BCUT2D eigenvalue weighted by atomic mass is 9.85. The van der Waals surface area contributed by atoms with Gasteiger partial charge >= 0.3 is 6.09 Å². The molecule has 5 rings (SSSR count). The largest absolute Gasteiger partial charge is 0.478 e. The molecule has 1 N–H and O–H groups in total. The summed E-state index contributed by atoms with van der Waals surface area (Å²) >= 11 is 0. The quantitative estimate of drug-likeness (QED) is 0.712. The molecule has 1 aromatic heterocycles. The van der Waals surface area contributed by atoms with Crippen molar-refractivity contribution in [1.82, 2.24) is 14.6 Å². The maximum atomic E-state index is 12.9. The number of nitrogens with zero attached hydrogens (tertiary/aromatic N) is 2. The average molecular weight is 468 g/mol. The Kier molecular flexibility index (Phi) is 7.21. The Morgan fingerprint density at radius 1 is 1.12 bits per heavy atom. The van der Waals surface area contributed by atoms with Gasteiger partial charge in [0.25, 0.3) is 0 Å². The van der Waals surface area contributed by atoms with Crippen LogP contribution >= 0.6 is 0 Å². The monoisotopic (exact) mass is 467 g/mol. The average Bonchev–Trinajstić information content (AvgIpc) is 3.05. The van der Waals surface area contributed by atoms with Crippen LogP contribution in [0.5, 0.6) is 5.88 Å². The van der Waals surface area contributed by atoms with Crippen molar-refractivity contribution in [3.8, 4) is 5.88 Å². The summed E-state index contributed by atoms with van der Waals surface area (Å²) in [6, 6.07) is 4.90. The lowest BCUT2D eigenvalue weighted by Crippen LogP contribution is -2.50. The number of ether oxygens (including phenoxy) is 3. The van der Waals surface area contributed by atoms with E-state index in [1.807, 2.05) is 25.1 Å². The number of hydrogen-bond donors (Lipinski definition) is 1. The Morgan fingerprint density at radius 3 is 2.62 bits per heavy atom. The van der Waals surface area contributed by atoms with Crippen molar-refractivity contribution in [3.05, 3.63) is 23.9 Å². The number of sulfonamides is 1. The van der Waals surface area contributed by atoms with Crippen LogP contribution in [-0.4, -0.2) is 74.7 Å². The summed E-state index contributed by atoms with van der Waals surface area (Å²) in [5.41, 5.74) is 1.05. The van der Waals surface area contributed by atoms with E-state index < -0.39 is 28.2 Å². The molecule has 4 heterocycles. The minimum atomic E-state index is -3.42. The molecule has 3 aliphatic heterocycles. The van der Waals surface area contributed by atoms with E-state index in [9.17, 15) is 13.2 Å². The second-order valence-electron chi connectivity index (χ2n) is 9.08. The highest BCUT2D eigenvalue weighted by Gasteiger charge is 2.44. The number of hydrogen-bond acceptors (Lipinski definition) is 7. The van der Waals surface area contributed by atoms with Crippen LogP contribution in [0.25, 0.3) is 0 Å². The van der Waals surface area contributed by atoms with Crippen LogP contribution in [-0.2, 0) is 19.5 Å². The van der Waals surface area contributed by atoms with Crippen LogP contribution in [0.2, 0.25) is 0 Å². The molecular formula is C22H33N3O6S. The zero-order chi connectivity index (χ0) is 22.7. The fraction of sp³-hybridized carbons (Fsp3) is 0.727. The molecule has 0 aromatic carbocycles. The van der Waals surface area contributed by atoms with Crippen molar-refractivity contribution in [1.29, 1.82) is 0 Å². The van der Waals surface area contributed by atoms with E-state index in [4.69, 9.17) is 14.2 Å². The van der Waals surface area contributed by atoms with Crippen LogP contribution in [0.3, 0.4) is 0 Å². The van der Waals surface area contributed by atoms with Gasteiger partial charge in [-0.1, -0.05) is 6.07 Å². The Balaban J connectivity index is 1.51. The van der Waals surface area contributed by atoms with E-state index in [0.717, 1.165) is 37.6 Å². The summed E-state index contributed by atoms with van der Waals surface area (Å²) in [5, 5.41) is 0. The number of rotatable bonds is 2. The highest BCUT2D eigenvalue weighted by Crippen LogP contribution is 2.35. The van der Waals surface area contributed by atoms with Crippen molar-refractivity contribution in [3.63, 3.8) is 0 Å². The Morgan fingerprint density at radius 2 is 1.88 bits per heavy atom. The molecule has 4 bridgehead atoms. The second-order valence-corrected chi connectivity index (χ2v) is 10.9. The van der Waals surface area contributed by atoms with Gasteiger partial charge in [0.2, 0.25) is 15.9 Å². The molecule has 1 saturated carbocycles. The zero-order valence-electron chi connectivity index (χ0n) is 18.7. The molecule has 178 valence electrons. The van der Waals surface area contributed by atoms with Crippen LogP contribution in [0, 0.1) is 0 Å². The first-order chi connectivity index (χ1) is 15.3. The van der Waals surface area contributed by atoms with Crippen molar-refractivity contribution in [2.24, 2.45) is 0 Å². The minimum Gasteiger partial charge on any atom is -0.478 e. The Hall–Kier alpha value is -1.91. The molecule has 32 heavy (non-hydrogen) atoms. The first kappa shape index (κ1) is 23.3. The van der Waals surface area contributed by atoms with Crippen LogP contribution in [0.4, 0.5) is 4.79 Å². The summed E-state index contributed by atoms with van der Waals surface area (Å²) < 4.78 is 44.0. The summed E-state index contributed by atoms with van der Waals surface area (Å²) in [6.07, 6.45) is 5.57. The summed E-state index contributed by atoms with van der Waals surface area (Å²) in [7, 11) is -3.42. The highest BCUT2D eigenvalue weighted by molar-refractivity contribution is 7.88. The lowest BCUT2D eigenvalue weighted by Gasteiger charge is -2.33. The van der Waals surface area contributed by atoms with Gasteiger partial charge in [0.15, 0.2) is 0 Å². The van der Waals surface area contributed by atoms with Gasteiger partial charge in [-0.2, -0.15) is 0 Å². The molecule has 2 fully saturated rings. The topological polar surface area (TPSA) is 107 Å². The first-order valence-corrected chi connectivity index (χ1v) is 13.3. The van der Waals surface area contributed by atoms with Gasteiger partial charge in [-0.05, 0) is 45.1 Å². The molecule has 1 aromatic rings. The molecular weight excluding hydrogens is 434 g/mol. The maximum absolute atomic E-state index is 12.9. The Labute approximate surface area is 189 Å². The summed E-state index contributed by atoms with van der Waals surface area (Å²) in [5.74, 6) is 0.973. The summed E-state index contributed by atoms with van der Waals surface area (Å²) in [6.45, 7) is 2.80. The lowest BCUT2D eigenvalue weighted by molar-refractivity contribution is -0.0107. The van der Waals surface area contributed by atoms with Crippen molar-refractivity contribution >= 4 is 16.1 Å². The third kappa shape index (κ3) is 5.71.